The van der Waals surface area contributed by atoms with Crippen LogP contribution in [0.2, 0.25) is 0 Å². The molecule has 8 nitrogen and oxygen atoms in total. The molecule has 3 N–H and O–H groups in total. The summed E-state index contributed by atoms with van der Waals surface area (Å²) in [5, 5.41) is 21.0. The Hall–Kier alpha value is -1.87. The Morgan fingerprint density at radius 3 is 3.32 bits per heavy atom. The van der Waals surface area contributed by atoms with Crippen molar-refractivity contribution in [3.8, 4) is 5.82 Å². The Kier molecular flexibility index (Phi) is 4.74. The molecule has 2 aromatic rings. The highest BCUT2D eigenvalue weighted by molar-refractivity contribution is 5.31. The largest absolute Gasteiger partial charge is 0.385 e. The molecular weight excluding hydrogens is 284 g/mol. The molecule has 0 spiro atoms. The third-order valence-corrected chi connectivity index (χ3v) is 3.52. The molecule has 1 aliphatic heterocycles. The van der Waals surface area contributed by atoms with E-state index in [9.17, 15) is 5.11 Å². The van der Waals surface area contributed by atoms with Gasteiger partial charge >= 0.3 is 0 Å². The highest BCUT2D eigenvalue weighted by Crippen LogP contribution is 2.10. The number of nitrogens with zero attached hydrogens (tertiary/aromatic N) is 4. The molecule has 0 bridgehead atoms. The number of hydrogen-bond acceptors (Lipinski definition) is 7. The van der Waals surface area contributed by atoms with Crippen LogP contribution in [0.25, 0.3) is 5.82 Å². The number of pyridine rings is 1. The molecule has 0 saturated carbocycles. The Labute approximate surface area is 128 Å². The molecule has 8 heteroatoms. The fourth-order valence-corrected chi connectivity index (χ4v) is 2.41. The van der Waals surface area contributed by atoms with Crippen molar-refractivity contribution < 1.29 is 9.84 Å². The molecule has 3 rings (SSSR count). The van der Waals surface area contributed by atoms with E-state index in [1.54, 1.807) is 17.2 Å². The Bertz CT molecular complexity index is 581. The van der Waals surface area contributed by atoms with Crippen LogP contribution in [0.1, 0.15) is 5.56 Å². The van der Waals surface area contributed by atoms with Crippen LogP contribution < -0.4 is 10.6 Å². The van der Waals surface area contributed by atoms with Crippen LogP contribution in [0.15, 0.2) is 31.0 Å². The molecule has 22 heavy (non-hydrogen) atoms. The molecule has 0 aliphatic carbocycles. The molecule has 2 aromatic heterocycles. The van der Waals surface area contributed by atoms with Crippen molar-refractivity contribution in [1.29, 1.82) is 0 Å². The van der Waals surface area contributed by atoms with Gasteiger partial charge in [-0.3, -0.25) is 0 Å². The monoisotopic (exact) mass is 304 g/mol. The molecular formula is C14H20N6O2. The smallest absolute Gasteiger partial charge is 0.159 e. The van der Waals surface area contributed by atoms with E-state index < -0.39 is 5.60 Å². The van der Waals surface area contributed by atoms with Crippen molar-refractivity contribution in [2.75, 3.05) is 32.8 Å². The zero-order valence-electron chi connectivity index (χ0n) is 12.3. The zero-order valence-corrected chi connectivity index (χ0v) is 12.3. The average molecular weight is 304 g/mol. The predicted octanol–water partition coefficient (Wildman–Crippen LogP) is -0.897. The van der Waals surface area contributed by atoms with E-state index in [0.29, 0.717) is 32.8 Å². The molecule has 0 amide bonds. The van der Waals surface area contributed by atoms with Gasteiger partial charge in [-0.2, -0.15) is 5.10 Å². The maximum atomic E-state index is 10.5. The minimum Gasteiger partial charge on any atom is -0.385 e. The van der Waals surface area contributed by atoms with Crippen molar-refractivity contribution in [2.24, 2.45) is 0 Å². The summed E-state index contributed by atoms with van der Waals surface area (Å²) >= 11 is 0. The van der Waals surface area contributed by atoms with Crippen LogP contribution in [-0.2, 0) is 11.3 Å². The first-order valence-corrected chi connectivity index (χ1v) is 7.27. The van der Waals surface area contributed by atoms with Crippen LogP contribution >= 0.6 is 0 Å². The predicted molar refractivity (Wildman–Crippen MR) is 79.5 cm³/mol. The van der Waals surface area contributed by atoms with Crippen molar-refractivity contribution >= 4 is 0 Å². The van der Waals surface area contributed by atoms with E-state index in [1.807, 2.05) is 12.1 Å². The summed E-state index contributed by atoms with van der Waals surface area (Å²) < 4.78 is 7.04. The molecule has 1 aliphatic rings. The van der Waals surface area contributed by atoms with E-state index in [0.717, 1.165) is 17.9 Å². The molecule has 1 atom stereocenters. The van der Waals surface area contributed by atoms with Crippen LogP contribution in [0.5, 0.6) is 0 Å². The number of ether oxygens (including phenoxy) is 1. The summed E-state index contributed by atoms with van der Waals surface area (Å²) in [7, 11) is 0. The van der Waals surface area contributed by atoms with Crippen LogP contribution in [0.4, 0.5) is 0 Å². The van der Waals surface area contributed by atoms with Crippen LogP contribution in [0, 0.1) is 0 Å². The van der Waals surface area contributed by atoms with Gasteiger partial charge in [-0.25, -0.2) is 14.6 Å². The maximum Gasteiger partial charge on any atom is 0.159 e. The van der Waals surface area contributed by atoms with Crippen molar-refractivity contribution in [1.82, 2.24) is 30.4 Å². The lowest BCUT2D eigenvalue weighted by Gasteiger charge is -2.26. The molecule has 3 heterocycles. The maximum absolute atomic E-state index is 10.5. The Morgan fingerprint density at radius 1 is 1.50 bits per heavy atom. The standard InChI is InChI=1S/C14H20N6O2/c21-14(7-15-4-5-22-9-14)8-16-6-12-2-1-3-18-13(12)20-11-17-10-19-20/h1-3,10-11,15-16,21H,4-9H2/t14-/m1/s1. The minimum atomic E-state index is -0.897. The van der Waals surface area contributed by atoms with Gasteiger partial charge in [0.25, 0.3) is 0 Å². The summed E-state index contributed by atoms with van der Waals surface area (Å²) in [6.45, 7) is 3.25. The van der Waals surface area contributed by atoms with Gasteiger partial charge in [-0.1, -0.05) is 6.07 Å². The molecule has 118 valence electrons. The van der Waals surface area contributed by atoms with Gasteiger partial charge < -0.3 is 20.5 Å². The third-order valence-electron chi connectivity index (χ3n) is 3.52. The van der Waals surface area contributed by atoms with Gasteiger partial charge in [0.2, 0.25) is 0 Å². The fraction of sp³-hybridized carbons (Fsp3) is 0.500. The number of aliphatic hydroxyl groups is 1. The summed E-state index contributed by atoms with van der Waals surface area (Å²) in [4.78, 5) is 8.28. The van der Waals surface area contributed by atoms with E-state index in [-0.39, 0.29) is 0 Å². The summed E-state index contributed by atoms with van der Waals surface area (Å²) in [5.41, 5.74) is 0.0886. The van der Waals surface area contributed by atoms with Gasteiger partial charge in [-0.15, -0.1) is 0 Å². The lowest BCUT2D eigenvalue weighted by molar-refractivity contribution is -0.0264. The molecule has 0 unspecified atom stereocenters. The zero-order chi connectivity index (χ0) is 15.3. The van der Waals surface area contributed by atoms with Crippen molar-refractivity contribution in [3.05, 3.63) is 36.5 Å². The molecule has 1 fully saturated rings. The summed E-state index contributed by atoms with van der Waals surface area (Å²) in [5.74, 6) is 0.731. The summed E-state index contributed by atoms with van der Waals surface area (Å²) in [6, 6.07) is 3.85. The lowest BCUT2D eigenvalue weighted by atomic mass is 10.1. The Balaban J connectivity index is 1.62. The number of rotatable bonds is 5. The van der Waals surface area contributed by atoms with Gasteiger partial charge in [0.1, 0.15) is 18.3 Å². The van der Waals surface area contributed by atoms with E-state index in [2.05, 4.69) is 25.7 Å². The molecule has 1 saturated heterocycles. The van der Waals surface area contributed by atoms with Gasteiger partial charge in [0, 0.05) is 37.9 Å². The topological polar surface area (TPSA) is 97.1 Å². The number of aromatic nitrogens is 4. The fourth-order valence-electron chi connectivity index (χ4n) is 2.41. The second-order valence-corrected chi connectivity index (χ2v) is 5.38. The number of nitrogens with one attached hydrogen (secondary N) is 2. The van der Waals surface area contributed by atoms with Gasteiger partial charge in [0.15, 0.2) is 5.82 Å². The van der Waals surface area contributed by atoms with Gasteiger partial charge in [-0.05, 0) is 6.07 Å². The number of β-amino-alcohol motifs (C(OH)–C–C–N with tert-alkyl or cyclic N) is 1. The van der Waals surface area contributed by atoms with Crippen molar-refractivity contribution in [2.45, 2.75) is 12.1 Å². The van der Waals surface area contributed by atoms with Gasteiger partial charge in [0.05, 0.1) is 13.2 Å². The quantitative estimate of drug-likeness (QED) is 0.659. The second kappa shape index (κ2) is 6.93. The van der Waals surface area contributed by atoms with Crippen LogP contribution in [0.3, 0.4) is 0 Å². The number of hydrogen-bond donors (Lipinski definition) is 3. The third kappa shape index (κ3) is 3.66. The highest BCUT2D eigenvalue weighted by atomic mass is 16.5. The van der Waals surface area contributed by atoms with E-state index >= 15 is 0 Å². The van der Waals surface area contributed by atoms with E-state index in [1.165, 1.54) is 6.33 Å². The van der Waals surface area contributed by atoms with Crippen LogP contribution in [-0.4, -0.2) is 63.3 Å². The minimum absolute atomic E-state index is 0.329. The van der Waals surface area contributed by atoms with Crippen molar-refractivity contribution in [3.63, 3.8) is 0 Å². The first-order chi connectivity index (χ1) is 10.8. The normalized spacial score (nSPS) is 22.4. The second-order valence-electron chi connectivity index (χ2n) is 5.38. The molecule has 0 radical (unpaired) electrons. The first kappa shape index (κ1) is 15.0. The lowest BCUT2D eigenvalue weighted by Crippen LogP contribution is -2.50. The first-order valence-electron chi connectivity index (χ1n) is 7.27. The Morgan fingerprint density at radius 2 is 2.45 bits per heavy atom. The average Bonchev–Trinajstić information content (AvgIpc) is 2.97. The van der Waals surface area contributed by atoms with E-state index in [4.69, 9.17) is 4.74 Å². The molecule has 0 aromatic carbocycles. The summed E-state index contributed by atoms with van der Waals surface area (Å²) in [6.07, 6.45) is 4.81. The SMILES string of the molecule is O[C@@]1(CNCc2cccnc2-n2cncn2)CNCCOC1. The highest BCUT2D eigenvalue weighted by Gasteiger charge is 2.28.